The molecule has 0 aromatic heterocycles. The molecule has 1 N–H and O–H groups in total. The van der Waals surface area contributed by atoms with Gasteiger partial charge in [-0.3, -0.25) is 4.79 Å². The Hall–Kier alpha value is -1.56. The summed E-state index contributed by atoms with van der Waals surface area (Å²) < 4.78 is 10.8. The van der Waals surface area contributed by atoms with Crippen molar-refractivity contribution in [1.29, 1.82) is 0 Å². The standard InChI is InChI=1S/C19H21Cl2NO3S/c1-13(10-25-15-8-6-14(24-2)7-9-15)22-19(23)12-26-11-16-17(20)4-3-5-18(16)21/h3-9,13H,10-12H2,1-2H3,(H,22,23)/t13-/m0/s1. The summed E-state index contributed by atoms with van der Waals surface area (Å²) in [5.41, 5.74) is 0.851. The van der Waals surface area contributed by atoms with Gasteiger partial charge in [-0.25, -0.2) is 0 Å². The molecule has 140 valence electrons. The average Bonchev–Trinajstić information content (AvgIpc) is 2.63. The number of nitrogens with one attached hydrogen (secondary N) is 1. The molecule has 2 aromatic carbocycles. The number of halogens is 2. The Kier molecular flexibility index (Phi) is 8.42. The summed E-state index contributed by atoms with van der Waals surface area (Å²) in [6.07, 6.45) is 0. The van der Waals surface area contributed by atoms with E-state index < -0.39 is 0 Å². The molecule has 0 aliphatic carbocycles. The van der Waals surface area contributed by atoms with E-state index in [4.69, 9.17) is 32.7 Å². The maximum absolute atomic E-state index is 12.0. The van der Waals surface area contributed by atoms with E-state index in [0.29, 0.717) is 28.2 Å². The van der Waals surface area contributed by atoms with Crippen LogP contribution in [0, 0.1) is 0 Å². The first-order valence-electron chi connectivity index (χ1n) is 8.06. The molecule has 1 amide bonds. The molecule has 2 rings (SSSR count). The largest absolute Gasteiger partial charge is 0.497 e. The van der Waals surface area contributed by atoms with Crippen LogP contribution in [0.5, 0.6) is 11.5 Å². The first-order chi connectivity index (χ1) is 12.5. The molecule has 0 saturated heterocycles. The summed E-state index contributed by atoms with van der Waals surface area (Å²) in [6.45, 7) is 2.29. The van der Waals surface area contributed by atoms with Crippen molar-refractivity contribution in [1.82, 2.24) is 5.32 Å². The minimum atomic E-state index is -0.103. The highest BCUT2D eigenvalue weighted by Gasteiger charge is 2.10. The van der Waals surface area contributed by atoms with Crippen LogP contribution in [-0.4, -0.2) is 31.4 Å². The van der Waals surface area contributed by atoms with Gasteiger partial charge in [-0.2, -0.15) is 0 Å². The highest BCUT2D eigenvalue weighted by atomic mass is 35.5. The van der Waals surface area contributed by atoms with Gasteiger partial charge in [0, 0.05) is 15.8 Å². The fourth-order valence-electron chi connectivity index (χ4n) is 2.17. The monoisotopic (exact) mass is 413 g/mol. The normalized spacial score (nSPS) is 11.7. The number of hydrogen-bond acceptors (Lipinski definition) is 4. The molecule has 0 bridgehead atoms. The van der Waals surface area contributed by atoms with Crippen molar-refractivity contribution in [2.45, 2.75) is 18.7 Å². The molecular formula is C19H21Cl2NO3S. The summed E-state index contributed by atoms with van der Waals surface area (Å²) in [4.78, 5) is 12.0. The van der Waals surface area contributed by atoms with Crippen LogP contribution < -0.4 is 14.8 Å². The van der Waals surface area contributed by atoms with Gasteiger partial charge < -0.3 is 14.8 Å². The van der Waals surface area contributed by atoms with Crippen LogP contribution in [0.1, 0.15) is 12.5 Å². The first-order valence-corrected chi connectivity index (χ1v) is 9.97. The van der Waals surface area contributed by atoms with E-state index in [-0.39, 0.29) is 11.9 Å². The minimum Gasteiger partial charge on any atom is -0.497 e. The van der Waals surface area contributed by atoms with Crippen LogP contribution in [0.4, 0.5) is 0 Å². The van der Waals surface area contributed by atoms with E-state index in [2.05, 4.69) is 5.32 Å². The van der Waals surface area contributed by atoms with E-state index in [1.165, 1.54) is 11.8 Å². The average molecular weight is 414 g/mol. The van der Waals surface area contributed by atoms with Crippen molar-refractivity contribution < 1.29 is 14.3 Å². The zero-order chi connectivity index (χ0) is 18.9. The van der Waals surface area contributed by atoms with Crippen molar-refractivity contribution >= 4 is 40.9 Å². The van der Waals surface area contributed by atoms with Crippen molar-refractivity contribution in [2.75, 3.05) is 19.5 Å². The topological polar surface area (TPSA) is 47.6 Å². The van der Waals surface area contributed by atoms with E-state index in [1.54, 1.807) is 25.3 Å². The number of carbonyl (C=O) groups is 1. The molecule has 0 saturated carbocycles. The molecule has 0 aliphatic rings. The summed E-state index contributed by atoms with van der Waals surface area (Å²) in [5.74, 6) is 2.37. The SMILES string of the molecule is COc1ccc(OC[C@H](C)NC(=O)CSCc2c(Cl)cccc2Cl)cc1. The molecule has 0 aliphatic heterocycles. The zero-order valence-corrected chi connectivity index (χ0v) is 17.0. The highest BCUT2D eigenvalue weighted by Crippen LogP contribution is 2.28. The van der Waals surface area contributed by atoms with Crippen LogP contribution in [0.15, 0.2) is 42.5 Å². The fraction of sp³-hybridized carbons (Fsp3) is 0.316. The lowest BCUT2D eigenvalue weighted by Crippen LogP contribution is -2.37. The number of amides is 1. The summed E-state index contributed by atoms with van der Waals surface area (Å²) >= 11 is 13.7. The van der Waals surface area contributed by atoms with Crippen molar-refractivity contribution in [3.63, 3.8) is 0 Å². The van der Waals surface area contributed by atoms with Crippen LogP contribution in [0.3, 0.4) is 0 Å². The van der Waals surface area contributed by atoms with Gasteiger partial charge in [0.1, 0.15) is 18.1 Å². The third-order valence-electron chi connectivity index (χ3n) is 3.51. The summed E-state index contributed by atoms with van der Waals surface area (Å²) in [5, 5.41) is 4.15. The van der Waals surface area contributed by atoms with Crippen LogP contribution in [-0.2, 0) is 10.5 Å². The minimum absolute atomic E-state index is 0.0518. The van der Waals surface area contributed by atoms with E-state index in [1.807, 2.05) is 31.2 Å². The number of rotatable bonds is 9. The Labute approximate surface area is 168 Å². The molecule has 2 aromatic rings. The Balaban J connectivity index is 1.69. The summed E-state index contributed by atoms with van der Waals surface area (Å²) in [7, 11) is 1.62. The van der Waals surface area contributed by atoms with Gasteiger partial charge >= 0.3 is 0 Å². The van der Waals surface area contributed by atoms with Crippen LogP contribution in [0.2, 0.25) is 10.0 Å². The quantitative estimate of drug-likeness (QED) is 0.639. The van der Waals surface area contributed by atoms with E-state index in [0.717, 1.165) is 17.1 Å². The molecular weight excluding hydrogens is 393 g/mol. The van der Waals surface area contributed by atoms with Crippen molar-refractivity contribution in [3.8, 4) is 11.5 Å². The number of methoxy groups -OCH3 is 1. The van der Waals surface area contributed by atoms with Gasteiger partial charge in [-0.05, 0) is 48.9 Å². The Morgan fingerprint density at radius 3 is 2.35 bits per heavy atom. The first kappa shape index (κ1) is 20.7. The van der Waals surface area contributed by atoms with Crippen LogP contribution >= 0.6 is 35.0 Å². The maximum Gasteiger partial charge on any atom is 0.230 e. The van der Waals surface area contributed by atoms with Crippen LogP contribution in [0.25, 0.3) is 0 Å². The maximum atomic E-state index is 12.0. The van der Waals surface area contributed by atoms with Gasteiger partial charge in [0.2, 0.25) is 5.91 Å². The van der Waals surface area contributed by atoms with Gasteiger partial charge in [0.05, 0.1) is 18.9 Å². The third-order valence-corrected chi connectivity index (χ3v) is 5.18. The second kappa shape index (κ2) is 10.6. The predicted molar refractivity (Wildman–Crippen MR) is 109 cm³/mol. The van der Waals surface area contributed by atoms with E-state index >= 15 is 0 Å². The Bertz CT molecular complexity index is 705. The molecule has 4 nitrogen and oxygen atoms in total. The lowest BCUT2D eigenvalue weighted by Gasteiger charge is -2.15. The molecule has 0 unspecified atom stereocenters. The molecule has 0 spiro atoms. The molecule has 0 fully saturated rings. The summed E-state index contributed by atoms with van der Waals surface area (Å²) in [6, 6.07) is 12.6. The van der Waals surface area contributed by atoms with Gasteiger partial charge in [0.15, 0.2) is 0 Å². The fourth-order valence-corrected chi connectivity index (χ4v) is 3.74. The molecule has 1 atom stereocenters. The van der Waals surface area contributed by atoms with Gasteiger partial charge in [0.25, 0.3) is 0 Å². The predicted octanol–water partition coefficient (Wildman–Crippen LogP) is 4.82. The molecule has 0 radical (unpaired) electrons. The third kappa shape index (κ3) is 6.63. The number of benzene rings is 2. The van der Waals surface area contributed by atoms with Gasteiger partial charge in [-0.15, -0.1) is 11.8 Å². The smallest absolute Gasteiger partial charge is 0.230 e. The van der Waals surface area contributed by atoms with E-state index in [9.17, 15) is 4.79 Å². The number of ether oxygens (including phenoxy) is 2. The molecule has 0 heterocycles. The lowest BCUT2D eigenvalue weighted by atomic mass is 10.2. The highest BCUT2D eigenvalue weighted by molar-refractivity contribution is 7.99. The van der Waals surface area contributed by atoms with Crippen molar-refractivity contribution in [3.05, 3.63) is 58.1 Å². The second-order valence-corrected chi connectivity index (χ2v) is 7.45. The lowest BCUT2D eigenvalue weighted by molar-refractivity contribution is -0.119. The Morgan fingerprint density at radius 2 is 1.73 bits per heavy atom. The molecule has 7 heteroatoms. The Morgan fingerprint density at radius 1 is 1.12 bits per heavy atom. The molecule has 26 heavy (non-hydrogen) atoms. The second-order valence-electron chi connectivity index (χ2n) is 5.65. The number of carbonyl (C=O) groups excluding carboxylic acids is 1. The zero-order valence-electron chi connectivity index (χ0n) is 14.6. The van der Waals surface area contributed by atoms with Crippen molar-refractivity contribution in [2.24, 2.45) is 0 Å². The van der Waals surface area contributed by atoms with Gasteiger partial charge in [-0.1, -0.05) is 29.3 Å². The number of hydrogen-bond donors (Lipinski definition) is 1. The number of thioether (sulfide) groups is 1.